The summed E-state index contributed by atoms with van der Waals surface area (Å²) >= 11 is 3.53. The second-order valence-electron chi connectivity index (χ2n) is 9.47. The Morgan fingerprint density at radius 2 is 1.42 bits per heavy atom. The number of amides is 2. The molecule has 0 bridgehead atoms. The molecule has 2 amide bonds. The van der Waals surface area contributed by atoms with Crippen molar-refractivity contribution in [2.45, 2.75) is 102 Å². The molecule has 9 N–H and O–H groups in total. The van der Waals surface area contributed by atoms with Crippen LogP contribution in [0.25, 0.3) is 0 Å². The Kier molecular flexibility index (Phi) is 43.8. The third-order valence-electron chi connectivity index (χ3n) is 4.90. The quantitative estimate of drug-likeness (QED) is 0.260. The van der Waals surface area contributed by atoms with E-state index in [-0.39, 0.29) is 35.1 Å². The van der Waals surface area contributed by atoms with Crippen LogP contribution in [-0.4, -0.2) is 47.6 Å². The van der Waals surface area contributed by atoms with E-state index >= 15 is 0 Å². The summed E-state index contributed by atoms with van der Waals surface area (Å²) in [4.78, 5) is 23.2. The van der Waals surface area contributed by atoms with Crippen molar-refractivity contribution >= 4 is 24.4 Å². The molecule has 0 radical (unpaired) electrons. The van der Waals surface area contributed by atoms with Crippen LogP contribution < -0.4 is 16.0 Å². The highest BCUT2D eigenvalue weighted by atomic mass is 32.1. The Balaban J connectivity index is -0.0000000793. The highest BCUT2D eigenvalue weighted by molar-refractivity contribution is 7.79. The number of thiol groups is 1. The zero-order chi connectivity index (χ0) is 28.7. The summed E-state index contributed by atoms with van der Waals surface area (Å²) in [7, 11) is 0. The summed E-state index contributed by atoms with van der Waals surface area (Å²) in [5, 5.41) is 8.89. The molecule has 0 aliphatic carbocycles. The number of nitrogens with one attached hydrogen (secondary N) is 3. The minimum atomic E-state index is -0.434. The summed E-state index contributed by atoms with van der Waals surface area (Å²) in [5.41, 5.74) is 0.843. The highest BCUT2D eigenvalue weighted by Crippen LogP contribution is 2.28. The molecule has 0 aromatic carbocycles. The van der Waals surface area contributed by atoms with Crippen molar-refractivity contribution < 1.29 is 27.4 Å². The first-order chi connectivity index (χ1) is 16.3. The van der Waals surface area contributed by atoms with E-state index in [1.54, 1.807) is 19.4 Å². The number of hydrogen-bond donors (Lipinski definition) is 4. The summed E-state index contributed by atoms with van der Waals surface area (Å²) in [6.45, 7) is 30.1. The van der Waals surface area contributed by atoms with Crippen molar-refractivity contribution in [3.63, 3.8) is 0 Å². The van der Waals surface area contributed by atoms with Crippen LogP contribution in [0.2, 0.25) is 0 Å². The maximum atomic E-state index is 11.9. The lowest BCUT2D eigenvalue weighted by molar-refractivity contribution is -0.127. The Hall–Kier alpha value is -1.65. The van der Waals surface area contributed by atoms with Crippen molar-refractivity contribution in [3.05, 3.63) is 36.2 Å². The molecule has 0 aromatic rings. The number of hydrogen-bond acceptors (Lipinski definition) is 4. The Bertz CT molecular complexity index is 629. The van der Waals surface area contributed by atoms with Crippen LogP contribution in [0, 0.1) is 16.7 Å². The lowest BCUT2D eigenvalue weighted by Gasteiger charge is -2.23. The van der Waals surface area contributed by atoms with Gasteiger partial charge in [0.05, 0.1) is 0 Å². The fourth-order valence-corrected chi connectivity index (χ4v) is 2.37. The summed E-state index contributed by atoms with van der Waals surface area (Å²) in [5.74, 6) is 0.917. The summed E-state index contributed by atoms with van der Waals surface area (Å²) in [6, 6.07) is 0. The van der Waals surface area contributed by atoms with Crippen molar-refractivity contribution in [1.29, 1.82) is 0 Å². The molecule has 38 heavy (non-hydrogen) atoms. The van der Waals surface area contributed by atoms with Gasteiger partial charge in [-0.2, -0.15) is 12.6 Å². The standard InChI is InChI=1S/C18H30N2O2.C6H13N.2C2H6.CH4S.3H2O.H2/c1-9-15(21)19-11-10-18(7,8)13(2)12-14(3)20-16(22)17(4,5)6;1-6-2-4-7-5-3-6;3*1-2;;;;/h10-12H,2,9H2,1,3-8H3,(H,19,21)(H,20,22);6-7H,2-5H2,1H3;2*1-2H3;2H,1H3;3*1H2;1H/b11-10+,14-12+;;;;;;;;. The van der Waals surface area contributed by atoms with Gasteiger partial charge in [0.2, 0.25) is 11.8 Å². The van der Waals surface area contributed by atoms with Gasteiger partial charge in [-0.25, -0.2) is 0 Å². The third-order valence-corrected chi connectivity index (χ3v) is 4.90. The van der Waals surface area contributed by atoms with Gasteiger partial charge < -0.3 is 32.4 Å². The van der Waals surface area contributed by atoms with Gasteiger partial charge >= 0.3 is 0 Å². The van der Waals surface area contributed by atoms with E-state index in [2.05, 4.69) is 42.1 Å². The van der Waals surface area contributed by atoms with E-state index in [1.807, 2.05) is 81.4 Å². The van der Waals surface area contributed by atoms with Crippen LogP contribution in [0.3, 0.4) is 0 Å². The van der Waals surface area contributed by atoms with Crippen LogP contribution in [0.4, 0.5) is 0 Å². The van der Waals surface area contributed by atoms with Gasteiger partial charge in [0.1, 0.15) is 0 Å². The van der Waals surface area contributed by atoms with E-state index in [4.69, 9.17) is 0 Å². The molecule has 1 heterocycles. The van der Waals surface area contributed by atoms with Gasteiger partial charge in [0, 0.05) is 30.6 Å². The van der Waals surface area contributed by atoms with Crippen LogP contribution in [0.5, 0.6) is 0 Å². The number of piperidine rings is 1. The van der Waals surface area contributed by atoms with E-state index in [9.17, 15) is 9.59 Å². The molecule has 1 fully saturated rings. The maximum Gasteiger partial charge on any atom is 0.229 e. The predicted octanol–water partition coefficient (Wildman–Crippen LogP) is 5.05. The molecule has 234 valence electrons. The Morgan fingerprint density at radius 1 is 1.00 bits per heavy atom. The number of rotatable bonds is 6. The Morgan fingerprint density at radius 3 is 1.74 bits per heavy atom. The topological polar surface area (TPSA) is 165 Å². The summed E-state index contributed by atoms with van der Waals surface area (Å²) in [6.07, 6.45) is 10.3. The minimum Gasteiger partial charge on any atom is -0.412 e. The predicted molar refractivity (Wildman–Crippen MR) is 174 cm³/mol. The fourth-order valence-electron chi connectivity index (χ4n) is 2.37. The first-order valence-corrected chi connectivity index (χ1v) is 14.0. The van der Waals surface area contributed by atoms with Crippen molar-refractivity contribution in [2.24, 2.45) is 16.7 Å². The minimum absolute atomic E-state index is 0. The molecule has 1 aliphatic heterocycles. The molecule has 0 unspecified atom stereocenters. The van der Waals surface area contributed by atoms with Crippen LogP contribution in [0.1, 0.15) is 104 Å². The SMILES string of the molecule is C=C(/C=C(\C)NC(=O)C(C)(C)C)C(C)(C)/C=C/NC(=O)CC.CC.CC.CC1CCNCC1.CS.O.O.O.[HH]. The van der Waals surface area contributed by atoms with Crippen molar-refractivity contribution in [3.8, 4) is 0 Å². The molecule has 8 nitrogen and oxygen atoms in total. The van der Waals surface area contributed by atoms with Gasteiger partial charge in [-0.1, -0.05) is 88.8 Å². The van der Waals surface area contributed by atoms with Gasteiger partial charge in [-0.3, -0.25) is 9.59 Å². The van der Waals surface area contributed by atoms with E-state index in [0.29, 0.717) is 6.42 Å². The van der Waals surface area contributed by atoms with Gasteiger partial charge in [0.15, 0.2) is 0 Å². The second kappa shape index (κ2) is 31.6. The van der Waals surface area contributed by atoms with Crippen molar-refractivity contribution in [2.75, 3.05) is 19.3 Å². The molecule has 0 atom stereocenters. The first-order valence-electron chi connectivity index (χ1n) is 13.1. The number of carbonyl (C=O) groups excluding carboxylic acids is 2. The number of allylic oxidation sites excluding steroid dienone is 4. The molecule has 0 saturated carbocycles. The zero-order valence-electron chi connectivity index (χ0n) is 26.8. The second-order valence-corrected chi connectivity index (χ2v) is 9.47. The van der Waals surface area contributed by atoms with Crippen LogP contribution in [0.15, 0.2) is 36.2 Å². The fraction of sp³-hybridized carbons (Fsp3) is 0.724. The smallest absolute Gasteiger partial charge is 0.229 e. The van der Waals surface area contributed by atoms with Gasteiger partial charge in [0.25, 0.3) is 0 Å². The monoisotopic (exact) mass is 569 g/mol. The molecule has 1 rings (SSSR count). The Labute approximate surface area is 242 Å². The maximum absolute atomic E-state index is 11.9. The van der Waals surface area contributed by atoms with Crippen molar-refractivity contribution in [1.82, 2.24) is 16.0 Å². The molecule has 0 spiro atoms. The third kappa shape index (κ3) is 30.6. The van der Waals surface area contributed by atoms with E-state index in [1.165, 1.54) is 25.9 Å². The molecule has 1 saturated heterocycles. The molecular formula is C29H67N3O5S. The summed E-state index contributed by atoms with van der Waals surface area (Å²) < 4.78 is 0. The average Bonchev–Trinajstić information content (AvgIpc) is 2.83. The van der Waals surface area contributed by atoms with Crippen LogP contribution in [-0.2, 0) is 9.59 Å². The van der Waals surface area contributed by atoms with Gasteiger partial charge in [-0.15, -0.1) is 0 Å². The van der Waals surface area contributed by atoms with E-state index < -0.39 is 5.41 Å². The number of carbonyl (C=O) groups is 2. The molecular weight excluding hydrogens is 502 g/mol. The normalized spacial score (nSPS) is 12.7. The van der Waals surface area contributed by atoms with Crippen LogP contribution >= 0.6 is 12.6 Å². The highest BCUT2D eigenvalue weighted by Gasteiger charge is 2.22. The average molecular weight is 570 g/mol. The molecule has 9 heteroatoms. The largest absolute Gasteiger partial charge is 0.412 e. The molecule has 0 aromatic heterocycles. The molecule has 1 aliphatic rings. The van der Waals surface area contributed by atoms with Gasteiger partial charge in [-0.05, 0) is 56.7 Å². The first kappa shape index (κ1) is 52.7. The zero-order valence-corrected chi connectivity index (χ0v) is 27.7. The lowest BCUT2D eigenvalue weighted by Crippen LogP contribution is -2.33. The lowest BCUT2D eigenvalue weighted by atomic mass is 9.84. The van der Waals surface area contributed by atoms with E-state index in [0.717, 1.165) is 17.2 Å².